The predicted octanol–water partition coefficient (Wildman–Crippen LogP) is 1.52. The minimum absolute atomic E-state index is 0.341. The number of nitrogens with zero attached hydrogens (tertiary/aromatic N) is 3. The van der Waals surface area contributed by atoms with Crippen molar-refractivity contribution >= 4 is 11.6 Å². The molecule has 0 saturated carbocycles. The SMILES string of the molecule is COCc1nc(N)cc(NCc2ccncc2C)n1. The first-order valence-corrected chi connectivity index (χ1v) is 5.95. The molecule has 2 aromatic heterocycles. The molecule has 0 radical (unpaired) electrons. The molecule has 0 fully saturated rings. The zero-order chi connectivity index (χ0) is 13.7. The molecule has 0 aliphatic heterocycles. The molecule has 0 unspecified atom stereocenters. The Bertz CT molecular complexity index is 558. The van der Waals surface area contributed by atoms with Gasteiger partial charge in [0.15, 0.2) is 5.82 Å². The maximum atomic E-state index is 5.73. The molecule has 0 saturated heterocycles. The number of rotatable bonds is 5. The second kappa shape index (κ2) is 6.10. The summed E-state index contributed by atoms with van der Waals surface area (Å²) in [7, 11) is 1.60. The summed E-state index contributed by atoms with van der Waals surface area (Å²) in [4.78, 5) is 12.5. The fourth-order valence-corrected chi connectivity index (χ4v) is 1.69. The zero-order valence-corrected chi connectivity index (χ0v) is 11.1. The van der Waals surface area contributed by atoms with Gasteiger partial charge in [0, 0.05) is 32.1 Å². The lowest BCUT2D eigenvalue weighted by molar-refractivity contribution is 0.178. The van der Waals surface area contributed by atoms with Gasteiger partial charge >= 0.3 is 0 Å². The number of hydrogen-bond acceptors (Lipinski definition) is 6. The maximum Gasteiger partial charge on any atom is 0.158 e. The number of aromatic nitrogens is 3. The number of nitrogens with two attached hydrogens (primary N) is 1. The highest BCUT2D eigenvalue weighted by molar-refractivity contribution is 5.45. The molecule has 6 nitrogen and oxygen atoms in total. The Morgan fingerprint density at radius 2 is 2.21 bits per heavy atom. The molecular formula is C13H17N5O. The highest BCUT2D eigenvalue weighted by Gasteiger charge is 2.03. The van der Waals surface area contributed by atoms with Crippen LogP contribution in [-0.4, -0.2) is 22.1 Å². The molecule has 100 valence electrons. The smallest absolute Gasteiger partial charge is 0.158 e. The average Bonchev–Trinajstić information content (AvgIpc) is 2.37. The fraction of sp³-hybridized carbons (Fsp3) is 0.308. The Hall–Kier alpha value is -2.21. The molecule has 2 aromatic rings. The van der Waals surface area contributed by atoms with Crippen molar-refractivity contribution in [1.29, 1.82) is 0 Å². The number of nitrogen functional groups attached to an aromatic ring is 1. The molecule has 0 spiro atoms. The lowest BCUT2D eigenvalue weighted by Gasteiger charge is -2.09. The number of hydrogen-bond donors (Lipinski definition) is 2. The van der Waals surface area contributed by atoms with Gasteiger partial charge in [-0.25, -0.2) is 9.97 Å². The minimum Gasteiger partial charge on any atom is -0.384 e. The van der Waals surface area contributed by atoms with Crippen LogP contribution in [0, 0.1) is 6.92 Å². The van der Waals surface area contributed by atoms with E-state index in [0.717, 1.165) is 5.56 Å². The minimum atomic E-state index is 0.341. The summed E-state index contributed by atoms with van der Waals surface area (Å²) < 4.78 is 5.00. The quantitative estimate of drug-likeness (QED) is 0.846. The Morgan fingerprint density at radius 3 is 2.95 bits per heavy atom. The monoisotopic (exact) mass is 259 g/mol. The number of anilines is 2. The van der Waals surface area contributed by atoms with Gasteiger partial charge < -0.3 is 15.8 Å². The van der Waals surface area contributed by atoms with Crippen molar-refractivity contribution in [2.24, 2.45) is 0 Å². The Balaban J connectivity index is 2.09. The third kappa shape index (κ3) is 3.62. The molecule has 0 amide bonds. The van der Waals surface area contributed by atoms with Crippen LogP contribution in [0.1, 0.15) is 17.0 Å². The second-order valence-corrected chi connectivity index (χ2v) is 4.18. The standard InChI is InChI=1S/C13H17N5O/c1-9-6-15-4-3-10(9)7-16-12-5-11(14)17-13(18-12)8-19-2/h3-6H,7-8H2,1-2H3,(H3,14,16,17,18). The summed E-state index contributed by atoms with van der Waals surface area (Å²) >= 11 is 0. The van der Waals surface area contributed by atoms with Crippen LogP contribution < -0.4 is 11.1 Å². The summed E-state index contributed by atoms with van der Waals surface area (Å²) in [5.41, 5.74) is 8.03. The lowest BCUT2D eigenvalue weighted by atomic mass is 10.1. The predicted molar refractivity (Wildman–Crippen MR) is 73.5 cm³/mol. The number of methoxy groups -OCH3 is 1. The first-order chi connectivity index (χ1) is 9.19. The molecule has 0 atom stereocenters. The van der Waals surface area contributed by atoms with Crippen molar-refractivity contribution in [3.63, 3.8) is 0 Å². The highest BCUT2D eigenvalue weighted by Crippen LogP contribution is 2.12. The molecule has 2 heterocycles. The van der Waals surface area contributed by atoms with Gasteiger partial charge in [-0.2, -0.15) is 0 Å². The third-order valence-electron chi connectivity index (χ3n) is 2.66. The largest absolute Gasteiger partial charge is 0.384 e. The van der Waals surface area contributed by atoms with E-state index < -0.39 is 0 Å². The van der Waals surface area contributed by atoms with Crippen LogP contribution in [0.3, 0.4) is 0 Å². The van der Waals surface area contributed by atoms with Crippen LogP contribution in [0.25, 0.3) is 0 Å². The van der Waals surface area contributed by atoms with Crippen molar-refractivity contribution in [3.05, 3.63) is 41.5 Å². The third-order valence-corrected chi connectivity index (χ3v) is 2.66. The summed E-state index contributed by atoms with van der Waals surface area (Å²) in [5, 5.41) is 3.23. The van der Waals surface area contributed by atoms with Gasteiger partial charge in [0.25, 0.3) is 0 Å². The van der Waals surface area contributed by atoms with E-state index in [2.05, 4.69) is 20.3 Å². The van der Waals surface area contributed by atoms with Gasteiger partial charge in [-0.1, -0.05) is 0 Å². The van der Waals surface area contributed by atoms with Crippen molar-refractivity contribution in [2.75, 3.05) is 18.2 Å². The Labute approximate surface area is 112 Å². The van der Waals surface area contributed by atoms with Crippen LogP contribution in [0.2, 0.25) is 0 Å². The van der Waals surface area contributed by atoms with Gasteiger partial charge in [0.05, 0.1) is 0 Å². The molecule has 19 heavy (non-hydrogen) atoms. The summed E-state index contributed by atoms with van der Waals surface area (Å²) in [6, 6.07) is 3.68. The summed E-state index contributed by atoms with van der Waals surface area (Å²) in [5.74, 6) is 1.68. The van der Waals surface area contributed by atoms with Crippen LogP contribution >= 0.6 is 0 Å². The van der Waals surface area contributed by atoms with Gasteiger partial charge in [-0.15, -0.1) is 0 Å². The van der Waals surface area contributed by atoms with E-state index in [1.165, 1.54) is 5.56 Å². The molecule has 0 aromatic carbocycles. The lowest BCUT2D eigenvalue weighted by Crippen LogP contribution is -2.08. The van der Waals surface area contributed by atoms with Gasteiger partial charge in [-0.05, 0) is 24.1 Å². The second-order valence-electron chi connectivity index (χ2n) is 4.18. The summed E-state index contributed by atoms with van der Waals surface area (Å²) in [6.07, 6.45) is 3.61. The molecular weight excluding hydrogens is 242 g/mol. The van der Waals surface area contributed by atoms with Gasteiger partial charge in [0.2, 0.25) is 0 Å². The van der Waals surface area contributed by atoms with Crippen LogP contribution in [-0.2, 0) is 17.9 Å². The van der Waals surface area contributed by atoms with Crippen molar-refractivity contribution in [2.45, 2.75) is 20.1 Å². The average molecular weight is 259 g/mol. The van der Waals surface area contributed by atoms with Crippen LogP contribution in [0.4, 0.5) is 11.6 Å². The van der Waals surface area contributed by atoms with Gasteiger partial charge in [-0.3, -0.25) is 4.98 Å². The van der Waals surface area contributed by atoms with E-state index in [1.54, 1.807) is 19.4 Å². The van der Waals surface area contributed by atoms with Crippen molar-refractivity contribution < 1.29 is 4.74 Å². The van der Waals surface area contributed by atoms with E-state index >= 15 is 0 Å². The number of aryl methyl sites for hydroxylation is 1. The van der Waals surface area contributed by atoms with Crippen molar-refractivity contribution in [1.82, 2.24) is 15.0 Å². The first kappa shape index (κ1) is 13.2. The van der Waals surface area contributed by atoms with E-state index in [-0.39, 0.29) is 0 Å². The van der Waals surface area contributed by atoms with Gasteiger partial charge in [0.1, 0.15) is 18.2 Å². The maximum absolute atomic E-state index is 5.73. The molecule has 3 N–H and O–H groups in total. The zero-order valence-electron chi connectivity index (χ0n) is 11.1. The molecule has 6 heteroatoms. The van der Waals surface area contributed by atoms with E-state index in [1.807, 2.05) is 19.2 Å². The molecule has 2 rings (SSSR count). The molecule has 0 bridgehead atoms. The molecule has 0 aliphatic rings. The summed E-state index contributed by atoms with van der Waals surface area (Å²) in [6.45, 7) is 3.03. The number of pyridine rings is 1. The van der Waals surface area contributed by atoms with Crippen LogP contribution in [0.15, 0.2) is 24.5 Å². The topological polar surface area (TPSA) is 86.0 Å². The molecule has 0 aliphatic carbocycles. The fourth-order valence-electron chi connectivity index (χ4n) is 1.69. The Morgan fingerprint density at radius 1 is 1.37 bits per heavy atom. The van der Waals surface area contributed by atoms with E-state index in [4.69, 9.17) is 10.5 Å². The Kier molecular flexibility index (Phi) is 4.25. The highest BCUT2D eigenvalue weighted by atomic mass is 16.5. The van der Waals surface area contributed by atoms with E-state index in [9.17, 15) is 0 Å². The normalized spacial score (nSPS) is 10.4. The number of ether oxygens (including phenoxy) is 1. The van der Waals surface area contributed by atoms with E-state index in [0.29, 0.717) is 30.6 Å². The number of nitrogens with one attached hydrogen (secondary N) is 1. The van der Waals surface area contributed by atoms with Crippen molar-refractivity contribution in [3.8, 4) is 0 Å². The van der Waals surface area contributed by atoms with Crippen LogP contribution in [0.5, 0.6) is 0 Å². The first-order valence-electron chi connectivity index (χ1n) is 5.95.